The largest absolute Gasteiger partial charge is 0.330 e. The first-order chi connectivity index (χ1) is 9.22. The van der Waals surface area contributed by atoms with Crippen molar-refractivity contribution in [3.8, 4) is 0 Å². The van der Waals surface area contributed by atoms with Gasteiger partial charge in [0.1, 0.15) is 5.82 Å². The molecule has 0 aromatic heterocycles. The third-order valence-corrected chi connectivity index (χ3v) is 3.69. The van der Waals surface area contributed by atoms with Gasteiger partial charge in [0.2, 0.25) is 5.91 Å². The van der Waals surface area contributed by atoms with Gasteiger partial charge in [-0.05, 0) is 50.1 Å². The van der Waals surface area contributed by atoms with Gasteiger partial charge in [-0.2, -0.15) is 0 Å². The molecule has 1 aromatic rings. The van der Waals surface area contributed by atoms with Crippen molar-refractivity contribution >= 4 is 11.6 Å². The maximum absolute atomic E-state index is 13.0. The number of halogens is 1. The smallest absolute Gasteiger partial charge is 0.230 e. The van der Waals surface area contributed by atoms with Crippen molar-refractivity contribution < 1.29 is 9.18 Å². The minimum absolute atomic E-state index is 0.128. The molecule has 1 fully saturated rings. The summed E-state index contributed by atoms with van der Waals surface area (Å²) in [6.45, 7) is 1.16. The summed E-state index contributed by atoms with van der Waals surface area (Å²) in [4.78, 5) is 14.3. The van der Waals surface area contributed by atoms with Gasteiger partial charge < -0.3 is 10.6 Å². The lowest BCUT2D eigenvalue weighted by molar-refractivity contribution is -0.122. The van der Waals surface area contributed by atoms with Crippen LogP contribution in [-0.2, 0) is 4.79 Å². The molecule has 2 rings (SSSR count). The van der Waals surface area contributed by atoms with Gasteiger partial charge >= 0.3 is 0 Å². The van der Waals surface area contributed by atoms with Crippen LogP contribution in [0.4, 0.5) is 10.1 Å². The Morgan fingerprint density at radius 2 is 1.89 bits per heavy atom. The maximum atomic E-state index is 13.0. The summed E-state index contributed by atoms with van der Waals surface area (Å²) in [7, 11) is 0. The molecule has 0 saturated heterocycles. The van der Waals surface area contributed by atoms with E-state index in [1.54, 1.807) is 17.0 Å². The molecule has 4 heteroatoms. The van der Waals surface area contributed by atoms with Crippen LogP contribution in [0.25, 0.3) is 0 Å². The van der Waals surface area contributed by atoms with Gasteiger partial charge in [0.15, 0.2) is 0 Å². The van der Waals surface area contributed by atoms with Crippen LogP contribution in [0, 0.1) is 11.7 Å². The molecule has 0 radical (unpaired) electrons. The molecule has 0 atom stereocenters. The number of carbonyl (C=O) groups is 1. The van der Waals surface area contributed by atoms with E-state index >= 15 is 0 Å². The highest BCUT2D eigenvalue weighted by molar-refractivity contribution is 5.95. The van der Waals surface area contributed by atoms with Crippen molar-refractivity contribution in [2.75, 3.05) is 18.0 Å². The fraction of sp³-hybridized carbons (Fsp3) is 0.533. The van der Waals surface area contributed by atoms with E-state index in [9.17, 15) is 9.18 Å². The van der Waals surface area contributed by atoms with Crippen LogP contribution in [0.2, 0.25) is 0 Å². The zero-order valence-electron chi connectivity index (χ0n) is 11.1. The first kappa shape index (κ1) is 14.0. The number of anilines is 1. The Labute approximate surface area is 113 Å². The number of hydrogen-bond donors (Lipinski definition) is 1. The predicted molar refractivity (Wildman–Crippen MR) is 74.4 cm³/mol. The van der Waals surface area contributed by atoms with E-state index in [0.717, 1.165) is 37.8 Å². The Morgan fingerprint density at radius 1 is 1.26 bits per heavy atom. The van der Waals surface area contributed by atoms with E-state index in [2.05, 4.69) is 0 Å². The Morgan fingerprint density at radius 3 is 2.47 bits per heavy atom. The average molecular weight is 264 g/mol. The minimum Gasteiger partial charge on any atom is -0.330 e. The van der Waals surface area contributed by atoms with E-state index in [1.807, 2.05) is 0 Å². The zero-order valence-corrected chi connectivity index (χ0v) is 11.1. The van der Waals surface area contributed by atoms with Crippen LogP contribution >= 0.6 is 0 Å². The molecule has 1 saturated carbocycles. The summed E-state index contributed by atoms with van der Waals surface area (Å²) >= 11 is 0. The fourth-order valence-electron chi connectivity index (χ4n) is 2.63. The average Bonchev–Trinajstić information content (AvgIpc) is 2.95. The lowest BCUT2D eigenvalue weighted by Gasteiger charge is -2.25. The van der Waals surface area contributed by atoms with E-state index in [1.165, 1.54) is 12.1 Å². The van der Waals surface area contributed by atoms with E-state index in [-0.39, 0.29) is 17.6 Å². The third-order valence-electron chi connectivity index (χ3n) is 3.69. The van der Waals surface area contributed by atoms with Gasteiger partial charge in [-0.3, -0.25) is 4.79 Å². The van der Waals surface area contributed by atoms with Gasteiger partial charge in [-0.1, -0.05) is 12.8 Å². The van der Waals surface area contributed by atoms with Crippen LogP contribution in [-0.4, -0.2) is 19.0 Å². The van der Waals surface area contributed by atoms with Crippen LogP contribution in [0.15, 0.2) is 24.3 Å². The first-order valence-electron chi connectivity index (χ1n) is 6.99. The highest BCUT2D eigenvalue weighted by Crippen LogP contribution is 2.28. The highest BCUT2D eigenvalue weighted by atomic mass is 19.1. The normalized spacial score (nSPS) is 15.7. The summed E-state index contributed by atoms with van der Waals surface area (Å²) in [5.74, 6) is 0.0104. The Bertz CT molecular complexity index is 413. The number of nitrogens with zero attached hydrogens (tertiary/aromatic N) is 1. The molecule has 0 aliphatic heterocycles. The highest BCUT2D eigenvalue weighted by Gasteiger charge is 2.27. The van der Waals surface area contributed by atoms with Crippen molar-refractivity contribution in [3.63, 3.8) is 0 Å². The number of carbonyl (C=O) groups excluding carboxylic acids is 1. The molecule has 3 nitrogen and oxygen atoms in total. The van der Waals surface area contributed by atoms with Gasteiger partial charge in [-0.15, -0.1) is 0 Å². The van der Waals surface area contributed by atoms with Gasteiger partial charge in [0.05, 0.1) is 0 Å². The second-order valence-electron chi connectivity index (χ2n) is 5.09. The van der Waals surface area contributed by atoms with E-state index in [4.69, 9.17) is 5.73 Å². The molecule has 0 bridgehead atoms. The third kappa shape index (κ3) is 3.53. The number of amides is 1. The molecule has 0 unspecified atom stereocenters. The number of benzene rings is 1. The van der Waals surface area contributed by atoms with E-state index < -0.39 is 0 Å². The molecule has 0 spiro atoms. The molecule has 19 heavy (non-hydrogen) atoms. The summed E-state index contributed by atoms with van der Waals surface area (Å²) < 4.78 is 13.0. The molecule has 1 aromatic carbocycles. The zero-order chi connectivity index (χ0) is 13.7. The first-order valence-corrected chi connectivity index (χ1v) is 6.99. The summed E-state index contributed by atoms with van der Waals surface area (Å²) in [6, 6.07) is 6.12. The minimum atomic E-state index is -0.282. The van der Waals surface area contributed by atoms with Gasteiger partial charge in [-0.25, -0.2) is 4.39 Å². The lowest BCUT2D eigenvalue weighted by Crippen LogP contribution is -2.36. The molecule has 0 heterocycles. The SMILES string of the molecule is NCCCN(C(=O)C1CCCC1)c1ccc(F)cc1. The molecule has 1 aliphatic rings. The summed E-state index contributed by atoms with van der Waals surface area (Å²) in [6.07, 6.45) is 4.96. The van der Waals surface area contributed by atoms with Crippen molar-refractivity contribution in [2.24, 2.45) is 11.7 Å². The quantitative estimate of drug-likeness (QED) is 0.888. The van der Waals surface area contributed by atoms with Crippen LogP contribution in [0.1, 0.15) is 32.1 Å². The number of hydrogen-bond acceptors (Lipinski definition) is 2. The van der Waals surface area contributed by atoms with Crippen molar-refractivity contribution in [2.45, 2.75) is 32.1 Å². The molecule has 104 valence electrons. The van der Waals surface area contributed by atoms with Crippen molar-refractivity contribution in [1.29, 1.82) is 0 Å². The summed E-state index contributed by atoms with van der Waals surface area (Å²) in [5.41, 5.74) is 6.30. The predicted octanol–water partition coefficient (Wildman–Crippen LogP) is 2.70. The van der Waals surface area contributed by atoms with Crippen LogP contribution in [0.5, 0.6) is 0 Å². The van der Waals surface area contributed by atoms with Crippen LogP contribution in [0.3, 0.4) is 0 Å². The van der Waals surface area contributed by atoms with Crippen molar-refractivity contribution in [3.05, 3.63) is 30.1 Å². The molecule has 1 amide bonds. The maximum Gasteiger partial charge on any atom is 0.230 e. The van der Waals surface area contributed by atoms with Gasteiger partial charge in [0.25, 0.3) is 0 Å². The monoisotopic (exact) mass is 264 g/mol. The van der Waals surface area contributed by atoms with Gasteiger partial charge in [0, 0.05) is 18.2 Å². The molecular formula is C15H21FN2O. The number of nitrogens with two attached hydrogens (primary N) is 1. The molecule has 1 aliphatic carbocycles. The fourth-order valence-corrected chi connectivity index (χ4v) is 2.63. The Balaban J connectivity index is 2.14. The second kappa shape index (κ2) is 6.66. The molecule has 2 N–H and O–H groups in total. The number of rotatable bonds is 5. The lowest BCUT2D eigenvalue weighted by atomic mass is 10.1. The summed E-state index contributed by atoms with van der Waals surface area (Å²) in [5, 5.41) is 0. The molecular weight excluding hydrogens is 243 g/mol. The van der Waals surface area contributed by atoms with Crippen molar-refractivity contribution in [1.82, 2.24) is 0 Å². The van der Waals surface area contributed by atoms with Crippen LogP contribution < -0.4 is 10.6 Å². The van der Waals surface area contributed by atoms with E-state index in [0.29, 0.717) is 13.1 Å². The Kier molecular flexibility index (Phi) is 4.91. The topological polar surface area (TPSA) is 46.3 Å². The standard InChI is InChI=1S/C15H21FN2O/c16-13-6-8-14(9-7-13)18(11-3-10-17)15(19)12-4-1-2-5-12/h6-9,12H,1-5,10-11,17H2. The Hall–Kier alpha value is -1.42. The second-order valence-corrected chi connectivity index (χ2v) is 5.09.